The first kappa shape index (κ1) is 36.3. The van der Waals surface area contributed by atoms with Crippen molar-refractivity contribution < 1.29 is 38.6 Å². The zero-order chi connectivity index (χ0) is 38.9. The number of anilines is 2. The van der Waals surface area contributed by atoms with Gasteiger partial charge in [0.15, 0.2) is 17.3 Å². The average Bonchev–Trinajstić information content (AvgIpc) is 3.56. The van der Waals surface area contributed by atoms with Crippen LogP contribution in [0.3, 0.4) is 0 Å². The molecule has 2 heterocycles. The molecule has 0 radical (unpaired) electrons. The number of ether oxygens (including phenoxy) is 2. The number of carbonyl (C=O) groups excluding carboxylic acids is 5. The van der Waals surface area contributed by atoms with Crippen LogP contribution >= 0.6 is 23.2 Å². The molecule has 2 aliphatic carbocycles. The van der Waals surface area contributed by atoms with E-state index in [1.54, 1.807) is 78.9 Å². The average molecular weight is 781 g/mol. The molecule has 55 heavy (non-hydrogen) atoms. The van der Waals surface area contributed by atoms with E-state index in [1.165, 1.54) is 27.2 Å². The number of fused-ring (bicyclic) bond motifs is 4. The van der Waals surface area contributed by atoms with E-state index in [2.05, 4.69) is 5.43 Å². The van der Waals surface area contributed by atoms with E-state index in [1.807, 2.05) is 6.08 Å². The van der Waals surface area contributed by atoms with E-state index in [-0.39, 0.29) is 46.7 Å². The summed E-state index contributed by atoms with van der Waals surface area (Å²) in [5.74, 6) is -6.09. The zero-order valence-electron chi connectivity index (χ0n) is 29.9. The number of rotatable bonds is 8. The van der Waals surface area contributed by atoms with Crippen LogP contribution in [-0.2, 0) is 24.6 Å². The number of carbonyl (C=O) groups is 5. The van der Waals surface area contributed by atoms with Crippen LogP contribution in [-0.4, -0.2) is 53.7 Å². The molecule has 11 nitrogen and oxygen atoms in total. The molecule has 0 spiro atoms. The molecule has 0 aromatic heterocycles. The minimum atomic E-state index is -1.66. The summed E-state index contributed by atoms with van der Waals surface area (Å²) >= 11 is 12.7. The van der Waals surface area contributed by atoms with Crippen LogP contribution in [0.15, 0.2) is 96.6 Å². The number of benzene rings is 4. The minimum absolute atomic E-state index is 0.0352. The highest BCUT2D eigenvalue weighted by molar-refractivity contribution is 6.36. The Hall–Kier alpha value is -5.65. The highest BCUT2D eigenvalue weighted by Gasteiger charge is 2.70. The van der Waals surface area contributed by atoms with Gasteiger partial charge in [0.1, 0.15) is 5.75 Å². The van der Waals surface area contributed by atoms with Gasteiger partial charge < -0.3 is 14.6 Å². The summed E-state index contributed by atoms with van der Waals surface area (Å²) in [5, 5.41) is 13.4. The smallest absolute Gasteiger partial charge is 0.260 e. The fraction of sp³-hybridized carbons (Fsp3) is 0.262. The molecule has 2 aliphatic heterocycles. The van der Waals surface area contributed by atoms with Gasteiger partial charge in [-0.05, 0) is 91.9 Å². The minimum Gasteiger partial charge on any atom is -0.504 e. The Balaban J connectivity index is 1.33. The predicted octanol–water partition coefficient (Wildman–Crippen LogP) is 7.11. The van der Waals surface area contributed by atoms with E-state index in [9.17, 15) is 24.3 Å². The largest absolute Gasteiger partial charge is 0.504 e. The molecule has 13 heteroatoms. The Bertz CT molecular complexity index is 2330. The SMILES string of the molecule is COc1ccc([C@@]23C(=O)N(Nc4ccc(Cl)cc4Cl)C(=O)[C@@H]2C[C@@H]2C(=CC[C@@H]4C(=O)N(c5ccc(C(C)=O)cc5)C(=O)[C@@H]42)[C@@H]3c2cccc(OC)c2O)cc1. The number of phenols is 1. The van der Waals surface area contributed by atoms with Crippen molar-refractivity contribution in [2.75, 3.05) is 24.5 Å². The van der Waals surface area contributed by atoms with Gasteiger partial charge >= 0.3 is 0 Å². The number of nitrogens with zero attached hydrogens (tertiary/aromatic N) is 2. The van der Waals surface area contributed by atoms with Crippen molar-refractivity contribution in [3.63, 3.8) is 0 Å². The Morgan fingerprint density at radius 2 is 1.60 bits per heavy atom. The predicted molar refractivity (Wildman–Crippen MR) is 204 cm³/mol. The van der Waals surface area contributed by atoms with E-state index in [4.69, 9.17) is 32.7 Å². The van der Waals surface area contributed by atoms with Gasteiger partial charge in [-0.1, -0.05) is 59.1 Å². The van der Waals surface area contributed by atoms with Gasteiger partial charge in [-0.15, -0.1) is 0 Å². The fourth-order valence-electron chi connectivity index (χ4n) is 9.22. The van der Waals surface area contributed by atoms with Crippen molar-refractivity contribution >= 4 is 64.0 Å². The molecular formula is C42H35Cl2N3O8. The van der Waals surface area contributed by atoms with Gasteiger partial charge in [-0.25, -0.2) is 0 Å². The third-order valence-electron chi connectivity index (χ3n) is 11.7. The van der Waals surface area contributed by atoms with Gasteiger partial charge in [0.05, 0.1) is 53.8 Å². The molecule has 2 saturated heterocycles. The number of methoxy groups -OCH3 is 2. The van der Waals surface area contributed by atoms with Crippen molar-refractivity contribution in [1.29, 1.82) is 0 Å². The number of phenolic OH excluding ortho intramolecular Hbond substituents is 1. The molecule has 4 amide bonds. The van der Waals surface area contributed by atoms with Gasteiger partial charge in [0.25, 0.3) is 11.8 Å². The molecule has 2 N–H and O–H groups in total. The van der Waals surface area contributed by atoms with Crippen LogP contribution in [0.5, 0.6) is 17.2 Å². The lowest BCUT2D eigenvalue weighted by atomic mass is 9.49. The summed E-state index contributed by atoms with van der Waals surface area (Å²) < 4.78 is 11.0. The number of hydrazine groups is 1. The second-order valence-electron chi connectivity index (χ2n) is 14.2. The topological polar surface area (TPSA) is 143 Å². The first-order valence-corrected chi connectivity index (χ1v) is 18.5. The van der Waals surface area contributed by atoms with Crippen molar-refractivity contribution in [2.45, 2.75) is 31.1 Å². The third-order valence-corrected chi connectivity index (χ3v) is 12.2. The van der Waals surface area contributed by atoms with E-state index < -0.39 is 52.7 Å². The van der Waals surface area contributed by atoms with Crippen molar-refractivity contribution in [3.05, 3.63) is 123 Å². The number of ketones is 1. The number of allylic oxidation sites excluding steroid dienone is 2. The van der Waals surface area contributed by atoms with Crippen LogP contribution in [0.25, 0.3) is 0 Å². The number of hydrogen-bond acceptors (Lipinski definition) is 9. The third kappa shape index (κ3) is 5.43. The maximum Gasteiger partial charge on any atom is 0.260 e. The molecule has 3 fully saturated rings. The van der Waals surface area contributed by atoms with Crippen LogP contribution in [0.2, 0.25) is 10.0 Å². The quantitative estimate of drug-likeness (QED) is 0.109. The Labute approximate surface area is 326 Å². The summed E-state index contributed by atoms with van der Waals surface area (Å²) in [7, 11) is 2.94. The summed E-state index contributed by atoms with van der Waals surface area (Å²) in [4.78, 5) is 72.2. The molecule has 0 bridgehead atoms. The highest BCUT2D eigenvalue weighted by Crippen LogP contribution is 2.65. The first-order chi connectivity index (χ1) is 26.4. The van der Waals surface area contributed by atoms with Crippen LogP contribution in [0.4, 0.5) is 11.4 Å². The van der Waals surface area contributed by atoms with E-state index in [0.29, 0.717) is 38.7 Å². The van der Waals surface area contributed by atoms with Gasteiger partial charge in [0.2, 0.25) is 11.8 Å². The van der Waals surface area contributed by atoms with Crippen LogP contribution in [0.1, 0.15) is 47.2 Å². The van der Waals surface area contributed by atoms with Gasteiger partial charge in [-0.2, -0.15) is 5.01 Å². The number of aromatic hydroxyl groups is 1. The van der Waals surface area contributed by atoms with E-state index >= 15 is 4.79 Å². The number of hydrogen-bond donors (Lipinski definition) is 2. The van der Waals surface area contributed by atoms with Crippen LogP contribution in [0, 0.1) is 23.7 Å². The number of halogens is 2. The molecule has 4 aromatic rings. The molecule has 1 saturated carbocycles. The number of nitrogens with one attached hydrogen (secondary N) is 1. The Morgan fingerprint density at radius 1 is 0.873 bits per heavy atom. The fourth-order valence-corrected chi connectivity index (χ4v) is 9.68. The maximum absolute atomic E-state index is 15.4. The molecule has 4 aromatic carbocycles. The highest BCUT2D eigenvalue weighted by atomic mass is 35.5. The molecule has 0 unspecified atom stereocenters. The molecule has 8 rings (SSSR count). The number of amides is 4. The molecule has 280 valence electrons. The molecule has 4 aliphatic rings. The Kier molecular flexibility index (Phi) is 8.97. The molecular weight excluding hydrogens is 745 g/mol. The van der Waals surface area contributed by atoms with Gasteiger partial charge in [-0.3, -0.25) is 34.3 Å². The molecule has 6 atom stereocenters. The lowest BCUT2D eigenvalue weighted by Gasteiger charge is -2.50. The van der Waals surface area contributed by atoms with Gasteiger partial charge in [0, 0.05) is 22.1 Å². The number of imide groups is 2. The van der Waals surface area contributed by atoms with Crippen molar-refractivity contribution in [3.8, 4) is 17.2 Å². The second-order valence-corrected chi connectivity index (χ2v) is 15.1. The Morgan fingerprint density at radius 3 is 2.25 bits per heavy atom. The standard InChI is InChI=1S/C42H35Cl2N3O8/c1-21(48)22-7-12-25(13-8-22)46-38(50)28-17-16-27-30(35(28)40(46)52)20-31-39(51)47(45-33-18-11-24(43)19-32(33)44)41(53)42(31,23-9-14-26(54-2)15-10-23)36(27)29-5-4-6-34(55-3)37(29)49/h4-16,18-19,28,30-31,35-36,45,49H,17,20H2,1-3H3/t28-,30+,31-,35-,36+,42+/m0/s1. The second kappa shape index (κ2) is 13.6. The van der Waals surface area contributed by atoms with E-state index in [0.717, 1.165) is 9.91 Å². The van der Waals surface area contributed by atoms with Crippen molar-refractivity contribution in [1.82, 2.24) is 5.01 Å². The van der Waals surface area contributed by atoms with Crippen LogP contribution < -0.4 is 19.8 Å². The normalized spacial score (nSPS) is 25.6. The first-order valence-electron chi connectivity index (χ1n) is 17.7. The number of para-hydroxylation sites is 1. The van der Waals surface area contributed by atoms with Crippen molar-refractivity contribution in [2.24, 2.45) is 23.7 Å². The summed E-state index contributed by atoms with van der Waals surface area (Å²) in [6.45, 7) is 1.43. The summed E-state index contributed by atoms with van der Waals surface area (Å²) in [6, 6.07) is 22.8. The lowest BCUT2D eigenvalue weighted by Crippen LogP contribution is -2.53. The monoisotopic (exact) mass is 779 g/mol. The number of Topliss-reactive ketones (excluding diaryl/α,β-unsaturated/α-hetero) is 1. The summed E-state index contributed by atoms with van der Waals surface area (Å²) in [6.07, 6.45) is 2.11. The lowest BCUT2D eigenvalue weighted by molar-refractivity contribution is -0.138. The zero-order valence-corrected chi connectivity index (χ0v) is 31.4. The maximum atomic E-state index is 15.4. The summed E-state index contributed by atoms with van der Waals surface area (Å²) in [5.41, 5.74) is 3.79.